The number of rotatable bonds is 8. The number of benzene rings is 1. The molecule has 0 saturated carbocycles. The Morgan fingerprint density at radius 1 is 1.30 bits per heavy atom. The number of piperidine rings is 1. The van der Waals surface area contributed by atoms with Gasteiger partial charge in [0.05, 0.1) is 14.2 Å². The molecule has 7 heteroatoms. The largest absolute Gasteiger partial charge is 0.493 e. The van der Waals surface area contributed by atoms with E-state index in [2.05, 4.69) is 39.4 Å². The van der Waals surface area contributed by atoms with Gasteiger partial charge in [0, 0.05) is 37.4 Å². The highest BCUT2D eigenvalue weighted by atomic mass is 32.2. The zero-order chi connectivity index (χ0) is 19.2. The van der Waals surface area contributed by atoms with E-state index < -0.39 is 0 Å². The lowest BCUT2D eigenvalue weighted by molar-refractivity contribution is 0.192. The van der Waals surface area contributed by atoms with Gasteiger partial charge < -0.3 is 14.0 Å². The summed E-state index contributed by atoms with van der Waals surface area (Å²) in [5.74, 6) is 3.91. The summed E-state index contributed by atoms with van der Waals surface area (Å²) in [7, 11) is 5.43. The highest BCUT2D eigenvalue weighted by molar-refractivity contribution is 7.99. The van der Waals surface area contributed by atoms with Crippen LogP contribution in [0.4, 0.5) is 0 Å². The van der Waals surface area contributed by atoms with Crippen molar-refractivity contribution in [3.8, 4) is 11.5 Å². The van der Waals surface area contributed by atoms with E-state index in [9.17, 15) is 0 Å². The fourth-order valence-corrected chi connectivity index (χ4v) is 4.32. The van der Waals surface area contributed by atoms with Crippen molar-refractivity contribution in [2.45, 2.75) is 30.5 Å². The topological polar surface area (TPSA) is 52.4 Å². The Morgan fingerprint density at radius 3 is 2.89 bits per heavy atom. The van der Waals surface area contributed by atoms with Crippen LogP contribution in [-0.4, -0.2) is 52.7 Å². The van der Waals surface area contributed by atoms with E-state index in [1.807, 2.05) is 18.2 Å². The number of hydrogen-bond donors (Lipinski definition) is 0. The lowest BCUT2D eigenvalue weighted by Crippen LogP contribution is -2.35. The SMILES string of the molecule is C=CCSc1nnc([C@H]2CCCN(Cc3cccc(OC)c3OC)C2)n1C. The molecule has 0 bridgehead atoms. The van der Waals surface area contributed by atoms with Crippen LogP contribution < -0.4 is 9.47 Å². The predicted octanol–water partition coefficient (Wildman–Crippen LogP) is 3.49. The Morgan fingerprint density at radius 2 is 2.15 bits per heavy atom. The zero-order valence-corrected chi connectivity index (χ0v) is 17.2. The van der Waals surface area contributed by atoms with Crippen molar-refractivity contribution in [1.29, 1.82) is 0 Å². The molecule has 1 saturated heterocycles. The molecule has 1 aliphatic rings. The van der Waals surface area contributed by atoms with Gasteiger partial charge in [0.25, 0.3) is 0 Å². The Labute approximate surface area is 165 Å². The van der Waals surface area contributed by atoms with Crippen LogP contribution in [0.3, 0.4) is 0 Å². The van der Waals surface area contributed by atoms with E-state index in [1.165, 1.54) is 0 Å². The summed E-state index contributed by atoms with van der Waals surface area (Å²) in [5, 5.41) is 9.80. The van der Waals surface area contributed by atoms with Crippen molar-refractivity contribution < 1.29 is 9.47 Å². The first kappa shape index (κ1) is 19.8. The molecule has 0 amide bonds. The average molecular weight is 389 g/mol. The van der Waals surface area contributed by atoms with Crippen molar-refractivity contribution >= 4 is 11.8 Å². The lowest BCUT2D eigenvalue weighted by Gasteiger charge is -2.32. The van der Waals surface area contributed by atoms with E-state index in [-0.39, 0.29) is 0 Å². The molecule has 0 N–H and O–H groups in total. The Bertz CT molecular complexity index is 777. The van der Waals surface area contributed by atoms with Gasteiger partial charge in [-0.3, -0.25) is 4.90 Å². The Balaban J connectivity index is 1.72. The summed E-state index contributed by atoms with van der Waals surface area (Å²) in [6, 6.07) is 6.06. The second-order valence-corrected chi connectivity index (χ2v) is 7.71. The highest BCUT2D eigenvalue weighted by Crippen LogP contribution is 2.33. The van der Waals surface area contributed by atoms with Crippen molar-refractivity contribution in [2.75, 3.05) is 33.1 Å². The van der Waals surface area contributed by atoms with Crippen LogP contribution in [0.25, 0.3) is 0 Å². The summed E-state index contributed by atoms with van der Waals surface area (Å²) in [5.41, 5.74) is 1.15. The highest BCUT2D eigenvalue weighted by Gasteiger charge is 2.26. The number of aromatic nitrogens is 3. The van der Waals surface area contributed by atoms with Gasteiger partial charge in [-0.05, 0) is 25.5 Å². The van der Waals surface area contributed by atoms with Gasteiger partial charge in [0.2, 0.25) is 0 Å². The van der Waals surface area contributed by atoms with Gasteiger partial charge in [-0.25, -0.2) is 0 Å². The fraction of sp³-hybridized carbons (Fsp3) is 0.500. The fourth-order valence-electron chi connectivity index (χ4n) is 3.67. The summed E-state index contributed by atoms with van der Waals surface area (Å²) >= 11 is 1.67. The molecule has 1 atom stereocenters. The molecule has 27 heavy (non-hydrogen) atoms. The monoisotopic (exact) mass is 388 g/mol. The average Bonchev–Trinajstić information content (AvgIpc) is 3.06. The van der Waals surface area contributed by atoms with E-state index >= 15 is 0 Å². The minimum Gasteiger partial charge on any atom is -0.493 e. The van der Waals surface area contributed by atoms with Crippen LogP contribution in [0, 0.1) is 0 Å². The van der Waals surface area contributed by atoms with Crippen molar-refractivity contribution in [1.82, 2.24) is 19.7 Å². The molecular formula is C20H28N4O2S. The number of nitrogens with zero attached hydrogens (tertiary/aromatic N) is 4. The molecule has 0 aliphatic carbocycles. The second kappa shape index (κ2) is 9.28. The van der Waals surface area contributed by atoms with Crippen molar-refractivity contribution in [2.24, 2.45) is 7.05 Å². The summed E-state index contributed by atoms with van der Waals surface area (Å²) in [4.78, 5) is 2.47. The van der Waals surface area contributed by atoms with Crippen LogP contribution in [0.5, 0.6) is 11.5 Å². The van der Waals surface area contributed by atoms with Crippen LogP contribution in [0.15, 0.2) is 36.0 Å². The molecule has 1 aliphatic heterocycles. The van der Waals surface area contributed by atoms with Crippen LogP contribution in [0.1, 0.15) is 30.1 Å². The standard InChI is InChI=1S/C20H28N4O2S/c1-5-12-27-20-22-21-19(23(20)2)16-9-7-11-24(14-16)13-15-8-6-10-17(25-3)18(15)26-4/h5-6,8,10,16H,1,7,9,11-14H2,2-4H3/t16-/m0/s1. The third-order valence-electron chi connectivity index (χ3n) is 4.95. The van der Waals surface area contributed by atoms with Gasteiger partial charge in [-0.2, -0.15) is 0 Å². The predicted molar refractivity (Wildman–Crippen MR) is 109 cm³/mol. The molecule has 2 heterocycles. The number of para-hydroxylation sites is 1. The molecule has 1 aromatic heterocycles. The van der Waals surface area contributed by atoms with Crippen molar-refractivity contribution in [3.63, 3.8) is 0 Å². The molecule has 6 nitrogen and oxygen atoms in total. The first-order valence-electron chi connectivity index (χ1n) is 9.23. The van der Waals surface area contributed by atoms with Gasteiger partial charge in [0.1, 0.15) is 5.82 Å². The Hall–Kier alpha value is -1.99. The quantitative estimate of drug-likeness (QED) is 0.510. The van der Waals surface area contributed by atoms with Crippen molar-refractivity contribution in [3.05, 3.63) is 42.2 Å². The van der Waals surface area contributed by atoms with Gasteiger partial charge >= 0.3 is 0 Å². The third kappa shape index (κ3) is 4.47. The smallest absolute Gasteiger partial charge is 0.191 e. The lowest BCUT2D eigenvalue weighted by atomic mass is 9.96. The van der Waals surface area contributed by atoms with Crippen LogP contribution in [0.2, 0.25) is 0 Å². The van der Waals surface area contributed by atoms with Crippen LogP contribution >= 0.6 is 11.8 Å². The normalized spacial score (nSPS) is 17.7. The molecule has 146 valence electrons. The molecule has 2 aromatic rings. The molecular weight excluding hydrogens is 360 g/mol. The maximum absolute atomic E-state index is 5.59. The Kier molecular flexibility index (Phi) is 6.79. The summed E-state index contributed by atoms with van der Waals surface area (Å²) < 4.78 is 13.2. The number of thioether (sulfide) groups is 1. The molecule has 0 unspecified atom stereocenters. The maximum atomic E-state index is 5.59. The number of hydrogen-bond acceptors (Lipinski definition) is 6. The van der Waals surface area contributed by atoms with Gasteiger partial charge in [-0.1, -0.05) is 30.0 Å². The minimum atomic E-state index is 0.394. The first-order chi connectivity index (χ1) is 13.2. The zero-order valence-electron chi connectivity index (χ0n) is 16.4. The molecule has 3 rings (SSSR count). The van der Waals surface area contributed by atoms with E-state index in [1.54, 1.807) is 26.0 Å². The molecule has 1 aromatic carbocycles. The number of likely N-dealkylation sites (tertiary alicyclic amines) is 1. The first-order valence-corrected chi connectivity index (χ1v) is 10.2. The van der Waals surface area contributed by atoms with Crippen LogP contribution in [-0.2, 0) is 13.6 Å². The number of methoxy groups -OCH3 is 2. The van der Waals surface area contributed by atoms with E-state index in [0.29, 0.717) is 5.92 Å². The molecule has 0 spiro atoms. The minimum absolute atomic E-state index is 0.394. The summed E-state index contributed by atoms with van der Waals surface area (Å²) in [6.07, 6.45) is 4.19. The molecule has 1 fully saturated rings. The van der Waals surface area contributed by atoms with Gasteiger partial charge in [0.15, 0.2) is 16.7 Å². The van der Waals surface area contributed by atoms with Gasteiger partial charge in [-0.15, -0.1) is 16.8 Å². The summed E-state index contributed by atoms with van der Waals surface area (Å²) in [6.45, 7) is 6.66. The van der Waals surface area contributed by atoms with E-state index in [4.69, 9.17) is 9.47 Å². The third-order valence-corrected chi connectivity index (χ3v) is 5.96. The second-order valence-electron chi connectivity index (χ2n) is 6.73. The number of ether oxygens (including phenoxy) is 2. The maximum Gasteiger partial charge on any atom is 0.191 e. The van der Waals surface area contributed by atoms with E-state index in [0.717, 1.165) is 66.3 Å². The molecule has 0 radical (unpaired) electrons.